The summed E-state index contributed by atoms with van der Waals surface area (Å²) < 4.78 is 0. The van der Waals surface area contributed by atoms with E-state index in [9.17, 15) is 0 Å². The van der Waals surface area contributed by atoms with Gasteiger partial charge in [-0.1, -0.05) is 6.07 Å². The lowest BCUT2D eigenvalue weighted by atomic mass is 10.1. The van der Waals surface area contributed by atoms with Crippen LogP contribution >= 0.6 is 11.3 Å². The van der Waals surface area contributed by atoms with E-state index in [2.05, 4.69) is 9.97 Å². The quantitative estimate of drug-likeness (QED) is 0.832. The zero-order valence-corrected chi connectivity index (χ0v) is 8.50. The van der Waals surface area contributed by atoms with E-state index in [0.717, 1.165) is 23.4 Å². The van der Waals surface area contributed by atoms with Crippen LogP contribution in [0.5, 0.6) is 0 Å². The van der Waals surface area contributed by atoms with Crippen molar-refractivity contribution in [3.05, 3.63) is 40.5 Å². The molecule has 0 aliphatic carbocycles. The van der Waals surface area contributed by atoms with Crippen LogP contribution in [0.1, 0.15) is 10.6 Å². The monoisotopic (exact) mass is 205 g/mol. The second-order valence-corrected chi connectivity index (χ2v) is 3.95. The molecule has 0 aliphatic heterocycles. The summed E-state index contributed by atoms with van der Waals surface area (Å²) >= 11 is 1.68. The summed E-state index contributed by atoms with van der Waals surface area (Å²) in [5.74, 6) is 0.629. The normalized spacial score (nSPS) is 10.3. The molecule has 14 heavy (non-hydrogen) atoms. The van der Waals surface area contributed by atoms with E-state index in [1.807, 2.05) is 23.7 Å². The Balaban J connectivity index is 2.02. The summed E-state index contributed by atoms with van der Waals surface area (Å²) in [4.78, 5) is 8.26. The van der Waals surface area contributed by atoms with E-state index in [1.54, 1.807) is 17.5 Å². The molecule has 0 amide bonds. The molecule has 72 valence electrons. The van der Waals surface area contributed by atoms with Crippen LogP contribution in [-0.2, 0) is 12.8 Å². The van der Waals surface area contributed by atoms with E-state index < -0.39 is 0 Å². The van der Waals surface area contributed by atoms with Crippen molar-refractivity contribution in [3.63, 3.8) is 0 Å². The average Bonchev–Trinajstić information content (AvgIpc) is 2.69. The predicted octanol–water partition coefficient (Wildman–Crippen LogP) is 1.91. The van der Waals surface area contributed by atoms with E-state index in [-0.39, 0.29) is 0 Å². The first-order chi connectivity index (χ1) is 6.86. The van der Waals surface area contributed by atoms with Crippen molar-refractivity contribution in [2.24, 2.45) is 0 Å². The number of nitrogen functional groups attached to an aromatic ring is 1. The maximum atomic E-state index is 5.73. The summed E-state index contributed by atoms with van der Waals surface area (Å²) in [7, 11) is 0. The average molecular weight is 205 g/mol. The molecule has 2 heterocycles. The van der Waals surface area contributed by atoms with Crippen LogP contribution in [0.15, 0.2) is 29.9 Å². The fraction of sp³-hybridized carbons (Fsp3) is 0.200. The Bertz CT molecular complexity index is 398. The van der Waals surface area contributed by atoms with Crippen LogP contribution in [0.2, 0.25) is 0 Å². The highest BCUT2D eigenvalue weighted by atomic mass is 32.1. The molecule has 0 atom stereocenters. The van der Waals surface area contributed by atoms with E-state index >= 15 is 0 Å². The van der Waals surface area contributed by atoms with Crippen molar-refractivity contribution in [1.82, 2.24) is 9.97 Å². The highest BCUT2D eigenvalue weighted by molar-refractivity contribution is 7.09. The molecule has 0 saturated heterocycles. The molecule has 0 radical (unpaired) electrons. The Morgan fingerprint density at radius 2 is 2.14 bits per heavy atom. The molecular weight excluding hydrogens is 194 g/mol. The first kappa shape index (κ1) is 9.15. The molecule has 0 aliphatic rings. The van der Waals surface area contributed by atoms with Crippen LogP contribution in [0.25, 0.3) is 0 Å². The highest BCUT2D eigenvalue weighted by Crippen LogP contribution is 2.12. The number of hydrogen-bond donors (Lipinski definition) is 1. The first-order valence-electron chi connectivity index (χ1n) is 4.44. The number of rotatable bonds is 3. The third-order valence-electron chi connectivity index (χ3n) is 2.02. The summed E-state index contributed by atoms with van der Waals surface area (Å²) in [5, 5.41) is 3.13. The van der Waals surface area contributed by atoms with Crippen molar-refractivity contribution in [2.45, 2.75) is 12.8 Å². The number of nitrogens with zero attached hydrogens (tertiary/aromatic N) is 2. The summed E-state index contributed by atoms with van der Waals surface area (Å²) in [5.41, 5.74) is 6.83. The number of thiazole rings is 1. The van der Waals surface area contributed by atoms with Crippen molar-refractivity contribution in [2.75, 3.05) is 5.73 Å². The van der Waals surface area contributed by atoms with Crippen molar-refractivity contribution >= 4 is 17.2 Å². The lowest BCUT2D eigenvalue weighted by Gasteiger charge is -2.01. The van der Waals surface area contributed by atoms with Crippen molar-refractivity contribution < 1.29 is 0 Å². The standard InChI is InChI=1S/C10H11N3S/c11-10-8(2-1-5-13-10)3-4-9-12-6-7-14-9/h1-2,5-7H,3-4H2,(H2,11,13). The molecule has 3 nitrogen and oxygen atoms in total. The van der Waals surface area contributed by atoms with Gasteiger partial charge in [0.2, 0.25) is 0 Å². The Morgan fingerprint density at radius 1 is 1.21 bits per heavy atom. The number of anilines is 1. The number of aromatic nitrogens is 2. The summed E-state index contributed by atoms with van der Waals surface area (Å²) in [6, 6.07) is 3.92. The van der Waals surface area contributed by atoms with Crippen LogP contribution in [0.4, 0.5) is 5.82 Å². The lowest BCUT2D eigenvalue weighted by Crippen LogP contribution is -1.98. The zero-order valence-electron chi connectivity index (χ0n) is 7.68. The van der Waals surface area contributed by atoms with Gasteiger partial charge in [-0.05, 0) is 18.1 Å². The van der Waals surface area contributed by atoms with Gasteiger partial charge in [0, 0.05) is 24.2 Å². The number of pyridine rings is 1. The molecule has 2 aromatic rings. The van der Waals surface area contributed by atoms with Gasteiger partial charge < -0.3 is 5.73 Å². The maximum Gasteiger partial charge on any atom is 0.126 e. The SMILES string of the molecule is Nc1ncccc1CCc1nccs1. The topological polar surface area (TPSA) is 51.8 Å². The van der Waals surface area contributed by atoms with Gasteiger partial charge in [0.1, 0.15) is 5.82 Å². The second-order valence-electron chi connectivity index (χ2n) is 2.97. The van der Waals surface area contributed by atoms with Crippen LogP contribution in [-0.4, -0.2) is 9.97 Å². The Hall–Kier alpha value is -1.42. The van der Waals surface area contributed by atoms with Gasteiger partial charge in [0.15, 0.2) is 0 Å². The number of nitrogens with two attached hydrogens (primary N) is 1. The molecule has 0 unspecified atom stereocenters. The van der Waals surface area contributed by atoms with Gasteiger partial charge in [0.05, 0.1) is 5.01 Å². The largest absolute Gasteiger partial charge is 0.383 e. The molecule has 2 N–H and O–H groups in total. The molecule has 0 aromatic carbocycles. The molecule has 0 spiro atoms. The van der Waals surface area contributed by atoms with Crippen molar-refractivity contribution in [3.8, 4) is 0 Å². The fourth-order valence-corrected chi connectivity index (χ4v) is 1.90. The molecule has 0 fully saturated rings. The number of aryl methyl sites for hydroxylation is 2. The third kappa shape index (κ3) is 2.09. The third-order valence-corrected chi connectivity index (χ3v) is 2.86. The van der Waals surface area contributed by atoms with Gasteiger partial charge in [-0.25, -0.2) is 9.97 Å². The molecule has 2 aromatic heterocycles. The predicted molar refractivity (Wildman–Crippen MR) is 58.2 cm³/mol. The van der Waals surface area contributed by atoms with Gasteiger partial charge in [-0.3, -0.25) is 0 Å². The Kier molecular flexibility index (Phi) is 2.74. The Morgan fingerprint density at radius 3 is 2.86 bits per heavy atom. The van der Waals surface area contributed by atoms with Crippen LogP contribution in [0, 0.1) is 0 Å². The minimum atomic E-state index is 0.629. The molecule has 4 heteroatoms. The Labute approximate surface area is 86.6 Å². The zero-order chi connectivity index (χ0) is 9.80. The van der Waals surface area contributed by atoms with Crippen LogP contribution in [0.3, 0.4) is 0 Å². The lowest BCUT2D eigenvalue weighted by molar-refractivity contribution is 0.939. The minimum Gasteiger partial charge on any atom is -0.383 e. The van der Waals surface area contributed by atoms with Gasteiger partial charge in [0.25, 0.3) is 0 Å². The minimum absolute atomic E-state index is 0.629. The van der Waals surface area contributed by atoms with E-state index in [1.165, 1.54) is 0 Å². The maximum absolute atomic E-state index is 5.73. The molecule has 2 rings (SSSR count). The molecular formula is C10H11N3S. The van der Waals surface area contributed by atoms with Gasteiger partial charge >= 0.3 is 0 Å². The summed E-state index contributed by atoms with van der Waals surface area (Å²) in [6.07, 6.45) is 5.38. The van der Waals surface area contributed by atoms with Gasteiger partial charge in [-0.2, -0.15) is 0 Å². The number of hydrogen-bond acceptors (Lipinski definition) is 4. The summed E-state index contributed by atoms with van der Waals surface area (Å²) in [6.45, 7) is 0. The second kappa shape index (κ2) is 4.19. The molecule has 0 bridgehead atoms. The first-order valence-corrected chi connectivity index (χ1v) is 5.32. The highest BCUT2D eigenvalue weighted by Gasteiger charge is 2.01. The van der Waals surface area contributed by atoms with Crippen molar-refractivity contribution in [1.29, 1.82) is 0 Å². The molecule has 0 saturated carbocycles. The van der Waals surface area contributed by atoms with Crippen LogP contribution < -0.4 is 5.73 Å². The van der Waals surface area contributed by atoms with E-state index in [0.29, 0.717) is 5.82 Å². The fourth-order valence-electron chi connectivity index (χ4n) is 1.28. The van der Waals surface area contributed by atoms with E-state index in [4.69, 9.17) is 5.73 Å². The van der Waals surface area contributed by atoms with Gasteiger partial charge in [-0.15, -0.1) is 11.3 Å². The smallest absolute Gasteiger partial charge is 0.126 e.